The third-order valence-corrected chi connectivity index (χ3v) is 4.26. The first-order valence-electron chi connectivity index (χ1n) is 7.08. The Kier molecular flexibility index (Phi) is 4.12. The average Bonchev–Trinajstić information content (AvgIpc) is 2.33. The van der Waals surface area contributed by atoms with E-state index in [1.165, 1.54) is 18.2 Å². The molecule has 0 bridgehead atoms. The van der Waals surface area contributed by atoms with Gasteiger partial charge in [-0.15, -0.1) is 0 Å². The maximum Gasteiger partial charge on any atom is 0.149 e. The van der Waals surface area contributed by atoms with Crippen molar-refractivity contribution >= 4 is 5.69 Å². The quantitative estimate of drug-likeness (QED) is 0.796. The van der Waals surface area contributed by atoms with Gasteiger partial charge in [0.15, 0.2) is 0 Å². The molecule has 0 atom stereocenters. The molecule has 1 fully saturated rings. The lowest BCUT2D eigenvalue weighted by molar-refractivity contribution is 0.173. The van der Waals surface area contributed by atoms with Crippen LogP contribution >= 0.6 is 0 Å². The van der Waals surface area contributed by atoms with Crippen molar-refractivity contribution in [3.05, 3.63) is 29.8 Å². The first-order valence-corrected chi connectivity index (χ1v) is 7.08. The predicted octanol–water partition coefficient (Wildman–Crippen LogP) is 4.98. The third-order valence-electron chi connectivity index (χ3n) is 4.26. The van der Waals surface area contributed by atoms with Crippen molar-refractivity contribution < 1.29 is 8.78 Å². The van der Waals surface area contributed by atoms with Crippen molar-refractivity contribution in [3.63, 3.8) is 0 Å². The van der Waals surface area contributed by atoms with E-state index in [0.717, 1.165) is 25.7 Å². The van der Waals surface area contributed by atoms with E-state index in [-0.39, 0.29) is 11.7 Å². The molecule has 0 amide bonds. The van der Waals surface area contributed by atoms with Gasteiger partial charge in [0, 0.05) is 6.04 Å². The summed E-state index contributed by atoms with van der Waals surface area (Å²) in [4.78, 5) is 0. The summed E-state index contributed by atoms with van der Waals surface area (Å²) in [6, 6.07) is 4.18. The van der Waals surface area contributed by atoms with E-state index in [1.807, 2.05) is 0 Å². The summed E-state index contributed by atoms with van der Waals surface area (Å²) >= 11 is 0. The molecule has 0 spiro atoms. The number of anilines is 1. The zero-order valence-electron chi connectivity index (χ0n) is 12.0. The fourth-order valence-electron chi connectivity index (χ4n) is 2.94. The normalized spacial score (nSPS) is 24.3. The topological polar surface area (TPSA) is 12.0 Å². The predicted molar refractivity (Wildman–Crippen MR) is 75.2 cm³/mol. The van der Waals surface area contributed by atoms with Crippen LogP contribution in [0.25, 0.3) is 0 Å². The molecule has 0 saturated heterocycles. The molecule has 1 aliphatic rings. The summed E-state index contributed by atoms with van der Waals surface area (Å²) in [6.45, 7) is 6.80. The van der Waals surface area contributed by atoms with E-state index in [1.54, 1.807) is 0 Å². The minimum absolute atomic E-state index is 0.0294. The average molecular weight is 267 g/mol. The number of para-hydroxylation sites is 1. The van der Waals surface area contributed by atoms with Gasteiger partial charge in [0.25, 0.3) is 0 Å². The molecule has 106 valence electrons. The molecule has 0 unspecified atom stereocenters. The van der Waals surface area contributed by atoms with Crippen LogP contribution in [0.4, 0.5) is 14.5 Å². The summed E-state index contributed by atoms with van der Waals surface area (Å²) in [5, 5.41) is 3.04. The molecule has 0 heterocycles. The second kappa shape index (κ2) is 5.48. The smallest absolute Gasteiger partial charge is 0.149 e. The maximum absolute atomic E-state index is 13.6. The zero-order chi connectivity index (χ0) is 14.0. The van der Waals surface area contributed by atoms with Crippen LogP contribution in [-0.4, -0.2) is 6.04 Å². The molecule has 1 nitrogen and oxygen atoms in total. The summed E-state index contributed by atoms with van der Waals surface area (Å²) in [6.07, 6.45) is 4.21. The summed E-state index contributed by atoms with van der Waals surface area (Å²) in [5.74, 6) is -0.299. The molecule has 1 saturated carbocycles. The second-order valence-corrected chi connectivity index (χ2v) is 6.66. The summed E-state index contributed by atoms with van der Waals surface area (Å²) in [5.41, 5.74) is 0.357. The lowest BCUT2D eigenvalue weighted by atomic mass is 9.71. The number of halogens is 2. The minimum atomic E-state index is -0.502. The zero-order valence-corrected chi connectivity index (χ0v) is 12.0. The highest BCUT2D eigenvalue weighted by molar-refractivity contribution is 5.46. The molecule has 0 aromatic heterocycles. The van der Waals surface area contributed by atoms with Gasteiger partial charge < -0.3 is 5.32 Å². The van der Waals surface area contributed by atoms with Gasteiger partial charge in [-0.05, 0) is 49.1 Å². The molecule has 19 heavy (non-hydrogen) atoms. The van der Waals surface area contributed by atoms with Gasteiger partial charge in [-0.2, -0.15) is 0 Å². The second-order valence-electron chi connectivity index (χ2n) is 6.66. The van der Waals surface area contributed by atoms with Gasteiger partial charge in [-0.3, -0.25) is 0 Å². The van der Waals surface area contributed by atoms with Crippen molar-refractivity contribution in [1.82, 2.24) is 0 Å². The van der Waals surface area contributed by atoms with Crippen LogP contribution in [0.3, 0.4) is 0 Å². The van der Waals surface area contributed by atoms with E-state index in [9.17, 15) is 8.78 Å². The van der Waals surface area contributed by atoms with Gasteiger partial charge in [-0.1, -0.05) is 26.8 Å². The largest absolute Gasteiger partial charge is 0.378 e. The van der Waals surface area contributed by atoms with Crippen LogP contribution in [0.2, 0.25) is 0 Å². The Labute approximate surface area is 114 Å². The standard InChI is InChI=1S/C16H23F2N/c1-16(2,3)11-7-9-12(10-8-11)19-15-13(17)5-4-6-14(15)18/h4-6,11-12,19H,7-10H2,1-3H3. The van der Waals surface area contributed by atoms with Crippen LogP contribution in [0, 0.1) is 23.0 Å². The van der Waals surface area contributed by atoms with Gasteiger partial charge in [0.1, 0.15) is 17.3 Å². The molecular formula is C16H23F2N. The number of benzene rings is 1. The first-order chi connectivity index (χ1) is 8.88. The highest BCUT2D eigenvalue weighted by Crippen LogP contribution is 2.38. The lowest BCUT2D eigenvalue weighted by Gasteiger charge is -2.37. The Hall–Kier alpha value is -1.12. The van der Waals surface area contributed by atoms with Crippen molar-refractivity contribution in [1.29, 1.82) is 0 Å². The highest BCUT2D eigenvalue weighted by Gasteiger charge is 2.30. The summed E-state index contributed by atoms with van der Waals surface area (Å²) < 4.78 is 27.1. The monoisotopic (exact) mass is 267 g/mol. The Bertz CT molecular complexity index is 409. The van der Waals surface area contributed by atoms with Gasteiger partial charge in [0.2, 0.25) is 0 Å². The Morgan fingerprint density at radius 3 is 2.00 bits per heavy atom. The van der Waals surface area contributed by atoms with E-state index in [4.69, 9.17) is 0 Å². The number of hydrogen-bond acceptors (Lipinski definition) is 1. The summed E-state index contributed by atoms with van der Waals surface area (Å²) in [7, 11) is 0. The molecule has 1 aromatic rings. The van der Waals surface area contributed by atoms with Crippen LogP contribution in [0.1, 0.15) is 46.5 Å². The van der Waals surface area contributed by atoms with Crippen molar-refractivity contribution in [2.45, 2.75) is 52.5 Å². The van der Waals surface area contributed by atoms with E-state index in [0.29, 0.717) is 11.3 Å². The first kappa shape index (κ1) is 14.3. The van der Waals surface area contributed by atoms with Crippen LogP contribution in [0.5, 0.6) is 0 Å². The van der Waals surface area contributed by atoms with E-state index >= 15 is 0 Å². The SMILES string of the molecule is CC(C)(C)C1CCC(Nc2c(F)cccc2F)CC1. The van der Waals surface area contributed by atoms with Crippen molar-refractivity contribution in [2.75, 3.05) is 5.32 Å². The fraction of sp³-hybridized carbons (Fsp3) is 0.625. The van der Waals surface area contributed by atoms with Crippen molar-refractivity contribution in [3.8, 4) is 0 Å². The number of nitrogens with one attached hydrogen (secondary N) is 1. The minimum Gasteiger partial charge on any atom is -0.378 e. The molecular weight excluding hydrogens is 244 g/mol. The molecule has 1 aromatic carbocycles. The van der Waals surface area contributed by atoms with Crippen LogP contribution in [0.15, 0.2) is 18.2 Å². The molecule has 1 aliphatic carbocycles. The molecule has 1 N–H and O–H groups in total. The number of hydrogen-bond donors (Lipinski definition) is 1. The molecule has 0 radical (unpaired) electrons. The fourth-order valence-corrected chi connectivity index (χ4v) is 2.94. The van der Waals surface area contributed by atoms with E-state index in [2.05, 4.69) is 26.1 Å². The Morgan fingerprint density at radius 2 is 1.53 bits per heavy atom. The molecule has 0 aliphatic heterocycles. The van der Waals surface area contributed by atoms with Gasteiger partial charge >= 0.3 is 0 Å². The Balaban J connectivity index is 1.96. The molecule has 2 rings (SSSR count). The Morgan fingerprint density at radius 1 is 1.00 bits per heavy atom. The lowest BCUT2D eigenvalue weighted by Crippen LogP contribution is -2.32. The maximum atomic E-state index is 13.6. The third kappa shape index (κ3) is 3.46. The highest BCUT2D eigenvalue weighted by atomic mass is 19.1. The van der Waals surface area contributed by atoms with Crippen molar-refractivity contribution in [2.24, 2.45) is 11.3 Å². The van der Waals surface area contributed by atoms with Gasteiger partial charge in [0.05, 0.1) is 0 Å². The van der Waals surface area contributed by atoms with Gasteiger partial charge in [-0.25, -0.2) is 8.78 Å². The van der Waals surface area contributed by atoms with Crippen LogP contribution < -0.4 is 5.32 Å². The van der Waals surface area contributed by atoms with Crippen LogP contribution in [-0.2, 0) is 0 Å². The molecule has 3 heteroatoms. The number of rotatable bonds is 2. The van der Waals surface area contributed by atoms with E-state index < -0.39 is 11.6 Å².